The van der Waals surface area contributed by atoms with Gasteiger partial charge in [-0.15, -0.1) is 0 Å². The van der Waals surface area contributed by atoms with Crippen molar-refractivity contribution < 1.29 is 19.7 Å². The molecule has 2 aliphatic heterocycles. The zero-order valence-electron chi connectivity index (χ0n) is 19.8. The fourth-order valence-electron chi connectivity index (χ4n) is 7.60. The molecule has 0 aromatic heterocycles. The second kappa shape index (κ2) is 7.58. The number of aliphatic hydroxyl groups is 1. The summed E-state index contributed by atoms with van der Waals surface area (Å²) in [5.41, 5.74) is 1.59. The molecule has 1 unspecified atom stereocenters. The third-order valence-corrected chi connectivity index (χ3v) is 9.32. The average molecular weight is 473 g/mol. The van der Waals surface area contributed by atoms with E-state index in [4.69, 9.17) is 4.74 Å². The van der Waals surface area contributed by atoms with Gasteiger partial charge in [0.25, 0.3) is 0 Å². The number of rotatable bonds is 5. The molecule has 6 nitrogen and oxygen atoms in total. The van der Waals surface area contributed by atoms with Gasteiger partial charge in [-0.2, -0.15) is 0 Å². The molecule has 3 aliphatic carbocycles. The van der Waals surface area contributed by atoms with E-state index in [0.717, 1.165) is 43.0 Å². The highest BCUT2D eigenvalue weighted by atomic mass is 16.5. The minimum Gasteiger partial charge on any atom is -0.504 e. The van der Waals surface area contributed by atoms with Crippen molar-refractivity contribution in [2.75, 3.05) is 13.1 Å². The third kappa shape index (κ3) is 3.06. The summed E-state index contributed by atoms with van der Waals surface area (Å²) >= 11 is 0. The van der Waals surface area contributed by atoms with E-state index in [9.17, 15) is 15.0 Å². The van der Waals surface area contributed by atoms with Crippen LogP contribution >= 0.6 is 0 Å². The number of carbonyl (C=O) groups excluding carboxylic acids is 1. The molecular weight excluding hydrogens is 440 g/mol. The Morgan fingerprint density at radius 3 is 2.77 bits per heavy atom. The number of likely N-dealkylation sites (tertiary alicyclic amines) is 1. The number of nitrogens with zero attached hydrogens (tertiary/aromatic N) is 1. The number of carbonyl (C=O) groups is 1. The van der Waals surface area contributed by atoms with E-state index in [2.05, 4.69) is 10.2 Å². The van der Waals surface area contributed by atoms with Gasteiger partial charge in [-0.3, -0.25) is 9.69 Å². The summed E-state index contributed by atoms with van der Waals surface area (Å²) in [5.74, 6) is 1.24. The van der Waals surface area contributed by atoms with E-state index in [1.54, 1.807) is 12.1 Å². The zero-order valence-corrected chi connectivity index (χ0v) is 19.8. The smallest absolute Gasteiger partial charge is 0.244 e. The molecule has 5 aliphatic rings. The lowest BCUT2D eigenvalue weighted by Gasteiger charge is -2.64. The first-order chi connectivity index (χ1) is 17.0. The number of phenolic OH excluding ortho intramolecular Hbond substituents is 1. The van der Waals surface area contributed by atoms with Crippen molar-refractivity contribution in [3.8, 4) is 11.5 Å². The molecule has 2 bridgehead atoms. The van der Waals surface area contributed by atoms with Crippen LogP contribution in [0.4, 0.5) is 0 Å². The first-order valence-corrected chi connectivity index (χ1v) is 13.0. The number of hydrogen-bond donors (Lipinski definition) is 3. The minimum atomic E-state index is -0.933. The molecule has 5 atom stereocenters. The Morgan fingerprint density at radius 1 is 1.14 bits per heavy atom. The van der Waals surface area contributed by atoms with E-state index >= 15 is 0 Å². The quantitative estimate of drug-likeness (QED) is 0.583. The number of benzene rings is 2. The molecule has 1 amide bonds. The van der Waals surface area contributed by atoms with Crippen molar-refractivity contribution in [1.29, 1.82) is 0 Å². The maximum absolute atomic E-state index is 12.9. The van der Waals surface area contributed by atoms with Gasteiger partial charge in [0.15, 0.2) is 11.5 Å². The third-order valence-electron chi connectivity index (χ3n) is 9.32. The number of nitrogens with one attached hydrogen (secondary N) is 1. The molecule has 3 fully saturated rings. The SMILES string of the molecule is O=C(/C=C/c1ccccc1)N[C@@H]1CC[C@@]2(O)[C@H]3Cc4ccc(O)c5c4C2(CCN3CC2CC2)[C@H]1O5. The van der Waals surface area contributed by atoms with Crippen LogP contribution in [-0.2, 0) is 16.6 Å². The Labute approximate surface area is 205 Å². The summed E-state index contributed by atoms with van der Waals surface area (Å²) in [6.45, 7) is 1.96. The number of phenols is 1. The molecule has 2 aromatic rings. The molecule has 0 radical (unpaired) electrons. The molecule has 7 rings (SSSR count). The standard InChI is InChI=1S/C29H32N2O4/c32-22-10-9-20-16-23-29(34)13-12-21(30-24(33)11-8-18-4-2-1-3-5-18)27-28(29,25(20)26(22)35-27)14-15-31(23)17-19-6-7-19/h1-5,8-11,19,21,23,27,32,34H,6-7,12-17H2,(H,30,33)/b11-8+/t21-,23-,27+,28?,29-/m1/s1. The number of hydrogen-bond acceptors (Lipinski definition) is 5. The highest BCUT2D eigenvalue weighted by Crippen LogP contribution is 2.65. The average Bonchev–Trinajstić information content (AvgIpc) is 3.60. The molecule has 1 spiro atoms. The van der Waals surface area contributed by atoms with E-state index < -0.39 is 17.1 Å². The topological polar surface area (TPSA) is 82.0 Å². The van der Waals surface area contributed by atoms with Crippen molar-refractivity contribution in [3.63, 3.8) is 0 Å². The van der Waals surface area contributed by atoms with Gasteiger partial charge in [0, 0.05) is 24.2 Å². The van der Waals surface area contributed by atoms with Gasteiger partial charge in [0.2, 0.25) is 5.91 Å². The van der Waals surface area contributed by atoms with Crippen molar-refractivity contribution >= 4 is 12.0 Å². The largest absolute Gasteiger partial charge is 0.504 e. The lowest BCUT2D eigenvalue weighted by molar-refractivity contribution is -0.192. The molecule has 3 N–H and O–H groups in total. The van der Waals surface area contributed by atoms with Crippen LogP contribution in [-0.4, -0.2) is 57.9 Å². The van der Waals surface area contributed by atoms with Gasteiger partial charge in [-0.25, -0.2) is 0 Å². The molecular formula is C29H32N2O4. The molecule has 2 saturated carbocycles. The molecule has 6 heteroatoms. The second-order valence-electron chi connectivity index (χ2n) is 11.2. The zero-order chi connectivity index (χ0) is 23.8. The summed E-state index contributed by atoms with van der Waals surface area (Å²) in [4.78, 5) is 15.5. The number of piperidine rings is 1. The van der Waals surface area contributed by atoms with E-state index in [-0.39, 0.29) is 23.7 Å². The summed E-state index contributed by atoms with van der Waals surface area (Å²) in [6, 6.07) is 13.3. The Hall–Kier alpha value is -2.83. The van der Waals surface area contributed by atoms with E-state index in [1.165, 1.54) is 18.4 Å². The molecule has 1 saturated heterocycles. The van der Waals surface area contributed by atoms with Crippen LogP contribution in [0.2, 0.25) is 0 Å². The summed E-state index contributed by atoms with van der Waals surface area (Å²) in [7, 11) is 0. The van der Waals surface area contributed by atoms with Crippen molar-refractivity contribution in [2.24, 2.45) is 5.92 Å². The number of aromatic hydroxyl groups is 1. The minimum absolute atomic E-state index is 0.0422. The van der Waals surface area contributed by atoms with E-state index in [1.807, 2.05) is 42.5 Å². The van der Waals surface area contributed by atoms with Gasteiger partial charge in [0.05, 0.1) is 17.1 Å². The lowest BCUT2D eigenvalue weighted by Crippen LogP contribution is -2.78. The van der Waals surface area contributed by atoms with Gasteiger partial charge in [0.1, 0.15) is 6.10 Å². The van der Waals surface area contributed by atoms with Crippen molar-refractivity contribution in [3.05, 3.63) is 65.2 Å². The molecule has 2 aromatic carbocycles. The van der Waals surface area contributed by atoms with Gasteiger partial charge in [-0.05, 0) is 74.3 Å². The maximum Gasteiger partial charge on any atom is 0.244 e. The Kier molecular flexibility index (Phi) is 4.65. The maximum atomic E-state index is 12.9. The Bertz CT molecular complexity index is 1210. The number of amides is 1. The predicted octanol–water partition coefficient (Wildman–Crippen LogP) is 3.15. The molecule has 182 valence electrons. The van der Waals surface area contributed by atoms with Crippen LogP contribution in [0.15, 0.2) is 48.5 Å². The van der Waals surface area contributed by atoms with Crippen LogP contribution in [0.5, 0.6) is 11.5 Å². The van der Waals surface area contributed by atoms with Crippen LogP contribution in [0.25, 0.3) is 6.08 Å². The van der Waals surface area contributed by atoms with Crippen LogP contribution in [0.3, 0.4) is 0 Å². The monoisotopic (exact) mass is 472 g/mol. The lowest BCUT2D eigenvalue weighted by atomic mass is 9.48. The molecule has 2 heterocycles. The first kappa shape index (κ1) is 21.5. The summed E-state index contributed by atoms with van der Waals surface area (Å²) in [6.07, 6.45) is 8.37. The van der Waals surface area contributed by atoms with Crippen LogP contribution < -0.4 is 10.1 Å². The normalized spacial score (nSPS) is 34.9. The second-order valence-corrected chi connectivity index (χ2v) is 11.2. The van der Waals surface area contributed by atoms with Crippen molar-refractivity contribution in [1.82, 2.24) is 10.2 Å². The summed E-state index contributed by atoms with van der Waals surface area (Å²) in [5, 5.41) is 26.4. The molecule has 35 heavy (non-hydrogen) atoms. The highest BCUT2D eigenvalue weighted by Gasteiger charge is 2.73. The first-order valence-electron chi connectivity index (χ1n) is 13.0. The summed E-state index contributed by atoms with van der Waals surface area (Å²) < 4.78 is 6.51. The van der Waals surface area contributed by atoms with Crippen LogP contribution in [0, 0.1) is 5.92 Å². The van der Waals surface area contributed by atoms with Gasteiger partial charge < -0.3 is 20.3 Å². The highest BCUT2D eigenvalue weighted by molar-refractivity contribution is 5.92. The van der Waals surface area contributed by atoms with Crippen molar-refractivity contribution in [2.45, 2.75) is 67.7 Å². The Balaban J connectivity index is 1.24. The van der Waals surface area contributed by atoms with Crippen LogP contribution in [0.1, 0.15) is 48.8 Å². The predicted molar refractivity (Wildman–Crippen MR) is 132 cm³/mol. The van der Waals surface area contributed by atoms with Gasteiger partial charge >= 0.3 is 0 Å². The fourth-order valence-corrected chi connectivity index (χ4v) is 7.60. The fraction of sp³-hybridized carbons (Fsp3) is 0.483. The van der Waals surface area contributed by atoms with E-state index in [0.29, 0.717) is 18.6 Å². The van der Waals surface area contributed by atoms with Gasteiger partial charge in [-0.1, -0.05) is 36.4 Å². The number of ether oxygens (including phenoxy) is 1. The Morgan fingerprint density at radius 2 is 1.97 bits per heavy atom.